The summed E-state index contributed by atoms with van der Waals surface area (Å²) in [4.78, 5) is 16.2. The number of nitrogens with zero attached hydrogens (tertiary/aromatic N) is 2. The molecule has 1 fully saturated rings. The number of ether oxygens (including phenoxy) is 1. The van der Waals surface area contributed by atoms with E-state index < -0.39 is 26.8 Å². The highest BCUT2D eigenvalue weighted by Crippen LogP contribution is 2.33. The number of benzene rings is 2. The van der Waals surface area contributed by atoms with Gasteiger partial charge in [0.25, 0.3) is 0 Å². The van der Waals surface area contributed by atoms with Gasteiger partial charge in [0.1, 0.15) is 10.6 Å². The molecule has 1 amide bonds. The Hall–Kier alpha value is -2.79. The van der Waals surface area contributed by atoms with Crippen molar-refractivity contribution in [3.05, 3.63) is 53.6 Å². The van der Waals surface area contributed by atoms with Gasteiger partial charge in [-0.05, 0) is 56.9 Å². The zero-order valence-electron chi connectivity index (χ0n) is 22.8. The Kier molecular flexibility index (Phi) is 10.3. The second-order valence-corrected chi connectivity index (χ2v) is 11.6. The Bertz CT molecular complexity index is 1220. The van der Waals surface area contributed by atoms with Gasteiger partial charge in [0.05, 0.1) is 11.7 Å². The number of hydrogen-bond donors (Lipinski definition) is 0. The van der Waals surface area contributed by atoms with E-state index in [2.05, 4.69) is 0 Å². The van der Waals surface area contributed by atoms with Gasteiger partial charge in [0.15, 0.2) is 0 Å². The van der Waals surface area contributed by atoms with Gasteiger partial charge in [-0.15, -0.1) is 0 Å². The first-order valence-electron chi connectivity index (χ1n) is 13.2. The number of amides is 1. The number of alkyl halides is 3. The summed E-state index contributed by atoms with van der Waals surface area (Å²) in [5, 5.41) is 0. The van der Waals surface area contributed by atoms with Crippen molar-refractivity contribution in [2.24, 2.45) is 5.92 Å². The molecule has 216 valence electrons. The summed E-state index contributed by atoms with van der Waals surface area (Å²) in [7, 11) is -4.62. The molecule has 0 aromatic heterocycles. The van der Waals surface area contributed by atoms with Crippen LogP contribution in [-0.2, 0) is 32.4 Å². The lowest BCUT2D eigenvalue weighted by Crippen LogP contribution is -2.37. The third-order valence-corrected chi connectivity index (χ3v) is 7.80. The average Bonchev–Trinajstić information content (AvgIpc) is 3.38. The molecular formula is C28H37F3N2O5S. The van der Waals surface area contributed by atoms with Gasteiger partial charge in [0, 0.05) is 56.5 Å². The zero-order chi connectivity index (χ0) is 28.8. The minimum absolute atomic E-state index is 0.0356. The topological polar surface area (TPSA) is 76.2 Å². The van der Waals surface area contributed by atoms with E-state index in [1.165, 1.54) is 0 Å². The minimum Gasteiger partial charge on any atom is -0.379 e. The van der Waals surface area contributed by atoms with Gasteiger partial charge in [-0.25, -0.2) is 0 Å². The molecule has 3 rings (SSSR count). The summed E-state index contributed by atoms with van der Waals surface area (Å²) in [5.74, 6) is -0.0157. The number of carbonyl (C=O) groups is 1. The van der Waals surface area contributed by atoms with Crippen LogP contribution < -0.4 is 9.08 Å². The maximum absolute atomic E-state index is 13.3. The van der Waals surface area contributed by atoms with Crippen molar-refractivity contribution >= 4 is 21.7 Å². The highest BCUT2D eigenvalue weighted by atomic mass is 32.2. The lowest BCUT2D eigenvalue weighted by molar-refractivity contribution is -0.137. The van der Waals surface area contributed by atoms with Crippen LogP contribution in [0.25, 0.3) is 0 Å². The predicted octanol–water partition coefficient (Wildman–Crippen LogP) is 5.87. The lowest BCUT2D eigenvalue weighted by atomic mass is 10.1. The molecular weight excluding hydrogens is 533 g/mol. The molecule has 2 aromatic rings. The van der Waals surface area contributed by atoms with Crippen molar-refractivity contribution in [2.45, 2.75) is 70.7 Å². The molecule has 39 heavy (non-hydrogen) atoms. The molecule has 2 aromatic carbocycles. The first-order valence-corrected chi connectivity index (χ1v) is 14.6. The predicted molar refractivity (Wildman–Crippen MR) is 143 cm³/mol. The molecule has 0 N–H and O–H groups in total. The number of hydrogen-bond acceptors (Lipinski definition) is 6. The van der Waals surface area contributed by atoms with Crippen LogP contribution in [0.5, 0.6) is 5.75 Å². The largest absolute Gasteiger partial charge is 0.416 e. The summed E-state index contributed by atoms with van der Waals surface area (Å²) in [6.45, 7) is 10.1. The smallest absolute Gasteiger partial charge is 0.379 e. The van der Waals surface area contributed by atoms with E-state index in [-0.39, 0.29) is 30.2 Å². The van der Waals surface area contributed by atoms with Crippen LogP contribution >= 0.6 is 0 Å². The van der Waals surface area contributed by atoms with Crippen LogP contribution in [0.4, 0.5) is 18.9 Å². The van der Waals surface area contributed by atoms with Gasteiger partial charge >= 0.3 is 16.3 Å². The van der Waals surface area contributed by atoms with E-state index in [1.807, 2.05) is 38.7 Å². The van der Waals surface area contributed by atoms with Crippen LogP contribution in [-0.4, -0.2) is 51.6 Å². The summed E-state index contributed by atoms with van der Waals surface area (Å²) in [6.07, 6.45) is -2.80. The summed E-state index contributed by atoms with van der Waals surface area (Å²) in [5.41, 5.74) is 0.0278. The van der Waals surface area contributed by atoms with Crippen LogP contribution in [0.15, 0.2) is 47.4 Å². The quantitative estimate of drug-likeness (QED) is 0.297. The maximum Gasteiger partial charge on any atom is 0.416 e. The average molecular weight is 571 g/mol. The fourth-order valence-electron chi connectivity index (χ4n) is 4.50. The molecule has 1 saturated heterocycles. The summed E-state index contributed by atoms with van der Waals surface area (Å²) in [6, 6.07) is 8.53. The van der Waals surface area contributed by atoms with Gasteiger partial charge in [-0.2, -0.15) is 21.6 Å². The van der Waals surface area contributed by atoms with Gasteiger partial charge in [-0.3, -0.25) is 4.79 Å². The monoisotopic (exact) mass is 570 g/mol. The number of halogens is 3. The Morgan fingerprint density at radius 2 is 1.85 bits per heavy atom. The van der Waals surface area contributed by atoms with Crippen molar-refractivity contribution < 1.29 is 35.3 Å². The molecule has 11 heteroatoms. The van der Waals surface area contributed by atoms with Crippen molar-refractivity contribution in [1.82, 2.24) is 4.90 Å². The van der Waals surface area contributed by atoms with Gasteiger partial charge < -0.3 is 18.7 Å². The number of rotatable bonds is 12. The second kappa shape index (κ2) is 13.0. The molecule has 1 atom stereocenters. The van der Waals surface area contributed by atoms with E-state index in [9.17, 15) is 26.4 Å². The van der Waals surface area contributed by atoms with Gasteiger partial charge in [0.2, 0.25) is 5.91 Å². The fraction of sp³-hybridized carbons (Fsp3) is 0.536. The molecule has 0 bridgehead atoms. The van der Waals surface area contributed by atoms with Gasteiger partial charge in [-0.1, -0.05) is 26.0 Å². The van der Waals surface area contributed by atoms with E-state index in [1.54, 1.807) is 17.0 Å². The van der Waals surface area contributed by atoms with E-state index in [0.29, 0.717) is 50.0 Å². The highest BCUT2D eigenvalue weighted by Gasteiger charge is 2.32. The fourth-order valence-corrected chi connectivity index (χ4v) is 5.51. The molecule has 0 radical (unpaired) electrons. The minimum atomic E-state index is -4.71. The third-order valence-electron chi connectivity index (χ3n) is 6.57. The van der Waals surface area contributed by atoms with Crippen LogP contribution in [0.2, 0.25) is 0 Å². The standard InChI is InChI=1S/C28H37F3N2O5S/c1-5-32(6-2)23-13-12-21(18-33(27(34)15-20(3)4)19-24-10-8-14-37-24)26(17-23)38-39(35,36)25-11-7-9-22(16-25)28(29,30)31/h7,9,11-13,16-17,20,24H,5-6,8,10,14-15,18-19H2,1-4H3/t24-/m1/s1. The maximum atomic E-state index is 13.3. The SMILES string of the molecule is CCN(CC)c1ccc(CN(C[C@H]2CCCO2)C(=O)CC(C)C)c(OS(=O)(=O)c2cccc(C(F)(F)F)c2)c1. The zero-order valence-corrected chi connectivity index (χ0v) is 23.6. The Labute approximate surface area is 229 Å². The van der Waals surface area contributed by atoms with Crippen molar-refractivity contribution in [3.8, 4) is 5.75 Å². The summed E-state index contributed by atoms with van der Waals surface area (Å²) >= 11 is 0. The molecule has 1 aliphatic heterocycles. The Balaban J connectivity index is 2.01. The molecule has 0 unspecified atom stereocenters. The molecule has 0 spiro atoms. The number of carbonyl (C=O) groups excluding carboxylic acids is 1. The van der Waals surface area contributed by atoms with Crippen LogP contribution in [0.3, 0.4) is 0 Å². The molecule has 7 nitrogen and oxygen atoms in total. The molecule has 1 aliphatic rings. The van der Waals surface area contributed by atoms with Crippen LogP contribution in [0, 0.1) is 5.92 Å². The lowest BCUT2D eigenvalue weighted by Gasteiger charge is -2.28. The molecule has 1 heterocycles. The first-order chi connectivity index (χ1) is 18.3. The normalized spacial score (nSPS) is 15.9. The third kappa shape index (κ3) is 8.35. The number of anilines is 1. The second-order valence-electron chi connectivity index (χ2n) is 10.0. The van der Waals surface area contributed by atoms with Crippen molar-refractivity contribution in [1.29, 1.82) is 0 Å². The molecule has 0 saturated carbocycles. The van der Waals surface area contributed by atoms with Crippen molar-refractivity contribution in [3.63, 3.8) is 0 Å². The van der Waals surface area contributed by atoms with E-state index >= 15 is 0 Å². The van der Waals surface area contributed by atoms with E-state index in [4.69, 9.17) is 8.92 Å². The Morgan fingerprint density at radius 1 is 1.13 bits per heavy atom. The highest BCUT2D eigenvalue weighted by molar-refractivity contribution is 7.87. The molecule has 0 aliphatic carbocycles. The van der Waals surface area contributed by atoms with Crippen molar-refractivity contribution in [2.75, 3.05) is 31.1 Å². The van der Waals surface area contributed by atoms with Crippen LogP contribution in [0.1, 0.15) is 58.1 Å². The summed E-state index contributed by atoms with van der Waals surface area (Å²) < 4.78 is 77.4. The van der Waals surface area contributed by atoms with E-state index in [0.717, 1.165) is 31.0 Å². The first kappa shape index (κ1) is 30.7. The Morgan fingerprint density at radius 3 is 2.44 bits per heavy atom.